The molecule has 130 valence electrons. The molecule has 0 atom stereocenters. The highest BCUT2D eigenvalue weighted by atomic mass is 35.5. The molecule has 0 bridgehead atoms. The van der Waals surface area contributed by atoms with E-state index in [1.807, 2.05) is 10.9 Å². The van der Waals surface area contributed by atoms with Crippen molar-refractivity contribution in [3.8, 4) is 5.75 Å². The van der Waals surface area contributed by atoms with Gasteiger partial charge in [-0.15, -0.1) is 0 Å². The zero-order valence-corrected chi connectivity index (χ0v) is 13.2. The quantitative estimate of drug-likeness (QED) is 0.622. The van der Waals surface area contributed by atoms with Crippen LogP contribution in [0, 0.1) is 15.9 Å². The summed E-state index contributed by atoms with van der Waals surface area (Å²) < 4.78 is 18.3. The third-order valence-electron chi connectivity index (χ3n) is 2.91. The Morgan fingerprint density at radius 3 is 2.60 bits per heavy atom. The fourth-order valence-corrected chi connectivity index (χ4v) is 1.96. The van der Waals surface area contributed by atoms with Crippen LogP contribution in [0.3, 0.4) is 0 Å². The molecule has 2 rings (SSSR count). The first kappa shape index (κ1) is 18.1. The molecule has 25 heavy (non-hydrogen) atoms. The lowest BCUT2D eigenvalue weighted by Crippen LogP contribution is -2.44. The molecular formula is C15H11ClFN3O5. The Hall–Kier alpha value is -3.20. The van der Waals surface area contributed by atoms with Crippen LogP contribution < -0.4 is 15.6 Å². The van der Waals surface area contributed by atoms with Gasteiger partial charge in [-0.3, -0.25) is 30.6 Å². The van der Waals surface area contributed by atoms with Gasteiger partial charge in [0, 0.05) is 11.1 Å². The minimum Gasteiger partial charge on any atom is -0.481 e. The smallest absolute Gasteiger partial charge is 0.282 e. The standard InChI is InChI=1S/C15H11ClFN3O5/c16-9-5-6-12(20(23)24)10(7-9)15(22)19-18-14(21)8-25-13-4-2-1-3-11(13)17/h1-7H,8H2,(H,18,21)(H,19,22). The van der Waals surface area contributed by atoms with E-state index in [0.29, 0.717) is 0 Å². The number of nitrogens with zero attached hydrogens (tertiary/aromatic N) is 1. The maximum atomic E-state index is 13.3. The summed E-state index contributed by atoms with van der Waals surface area (Å²) >= 11 is 5.72. The minimum atomic E-state index is -0.937. The number of nitrogens with one attached hydrogen (secondary N) is 2. The van der Waals surface area contributed by atoms with Crippen molar-refractivity contribution in [1.29, 1.82) is 0 Å². The molecule has 0 heterocycles. The van der Waals surface area contributed by atoms with Crippen molar-refractivity contribution < 1.29 is 23.6 Å². The van der Waals surface area contributed by atoms with E-state index < -0.39 is 34.8 Å². The van der Waals surface area contributed by atoms with Crippen LogP contribution in [0.25, 0.3) is 0 Å². The largest absolute Gasteiger partial charge is 0.481 e. The van der Waals surface area contributed by atoms with Gasteiger partial charge < -0.3 is 4.74 Å². The molecule has 0 unspecified atom stereocenters. The number of hydrogen-bond donors (Lipinski definition) is 2. The maximum Gasteiger partial charge on any atom is 0.282 e. The number of carbonyl (C=O) groups excluding carboxylic acids is 2. The Morgan fingerprint density at radius 1 is 1.20 bits per heavy atom. The Morgan fingerprint density at radius 2 is 1.92 bits per heavy atom. The Bertz CT molecular complexity index is 831. The highest BCUT2D eigenvalue weighted by Gasteiger charge is 2.21. The first-order chi connectivity index (χ1) is 11.9. The van der Waals surface area contributed by atoms with Crippen molar-refractivity contribution in [3.63, 3.8) is 0 Å². The molecule has 0 saturated heterocycles. The summed E-state index contributed by atoms with van der Waals surface area (Å²) in [4.78, 5) is 33.7. The lowest BCUT2D eigenvalue weighted by atomic mass is 10.2. The number of hydrazine groups is 1. The fourth-order valence-electron chi connectivity index (χ4n) is 1.78. The molecule has 0 saturated carbocycles. The van der Waals surface area contributed by atoms with Crippen molar-refractivity contribution in [2.24, 2.45) is 0 Å². The second-order valence-corrected chi connectivity index (χ2v) is 5.08. The molecule has 0 aliphatic rings. The number of benzene rings is 2. The van der Waals surface area contributed by atoms with Gasteiger partial charge in [-0.1, -0.05) is 23.7 Å². The topological polar surface area (TPSA) is 111 Å². The molecule has 0 aromatic heterocycles. The number of hydrogen-bond acceptors (Lipinski definition) is 5. The van der Waals surface area contributed by atoms with Gasteiger partial charge in [0.15, 0.2) is 18.2 Å². The van der Waals surface area contributed by atoms with E-state index in [2.05, 4.69) is 0 Å². The molecule has 0 spiro atoms. The first-order valence-electron chi connectivity index (χ1n) is 6.79. The van der Waals surface area contributed by atoms with Crippen molar-refractivity contribution in [3.05, 3.63) is 69.0 Å². The summed E-state index contributed by atoms with van der Waals surface area (Å²) in [5.41, 5.74) is 3.20. The Labute approximate surface area is 145 Å². The van der Waals surface area contributed by atoms with Gasteiger partial charge in [0.2, 0.25) is 0 Å². The number of amides is 2. The normalized spacial score (nSPS) is 10.0. The summed E-state index contributed by atoms with van der Waals surface area (Å²) in [6.07, 6.45) is 0. The maximum absolute atomic E-state index is 13.3. The van der Waals surface area contributed by atoms with Crippen LogP contribution in [-0.2, 0) is 4.79 Å². The van der Waals surface area contributed by atoms with Gasteiger partial charge in [-0.05, 0) is 24.3 Å². The molecule has 10 heteroatoms. The van der Waals surface area contributed by atoms with Crippen LogP contribution in [0.1, 0.15) is 10.4 Å². The highest BCUT2D eigenvalue weighted by Crippen LogP contribution is 2.22. The van der Waals surface area contributed by atoms with Crippen molar-refractivity contribution in [2.75, 3.05) is 6.61 Å². The number of nitro groups is 1. The monoisotopic (exact) mass is 367 g/mol. The molecule has 2 amide bonds. The number of nitro benzene ring substituents is 1. The van der Waals surface area contributed by atoms with E-state index in [1.54, 1.807) is 0 Å². The lowest BCUT2D eigenvalue weighted by Gasteiger charge is -2.09. The molecule has 8 nitrogen and oxygen atoms in total. The molecule has 2 aromatic rings. The number of para-hydroxylation sites is 1. The van der Waals surface area contributed by atoms with E-state index in [0.717, 1.165) is 18.2 Å². The van der Waals surface area contributed by atoms with Gasteiger partial charge in [-0.25, -0.2) is 4.39 Å². The van der Waals surface area contributed by atoms with Gasteiger partial charge in [0.25, 0.3) is 17.5 Å². The van der Waals surface area contributed by atoms with Crippen LogP contribution in [0.5, 0.6) is 5.75 Å². The van der Waals surface area contributed by atoms with Crippen LogP contribution in [0.15, 0.2) is 42.5 Å². The number of carbonyl (C=O) groups is 2. The van der Waals surface area contributed by atoms with Crippen molar-refractivity contribution >= 4 is 29.1 Å². The summed E-state index contributed by atoms with van der Waals surface area (Å²) in [5.74, 6) is -2.50. The van der Waals surface area contributed by atoms with Crippen LogP contribution >= 0.6 is 11.6 Å². The Balaban J connectivity index is 1.94. The predicted octanol–water partition coefficient (Wildman–Crippen LogP) is 2.23. The average molecular weight is 368 g/mol. The summed E-state index contributed by atoms with van der Waals surface area (Å²) in [6.45, 7) is -0.571. The van der Waals surface area contributed by atoms with E-state index in [9.17, 15) is 24.1 Å². The van der Waals surface area contributed by atoms with E-state index in [-0.39, 0.29) is 16.3 Å². The van der Waals surface area contributed by atoms with Crippen LogP contribution in [0.2, 0.25) is 5.02 Å². The van der Waals surface area contributed by atoms with Crippen LogP contribution in [0.4, 0.5) is 10.1 Å². The summed E-state index contributed by atoms with van der Waals surface area (Å²) in [7, 11) is 0. The van der Waals surface area contributed by atoms with Gasteiger partial charge >= 0.3 is 0 Å². The number of rotatable bonds is 5. The van der Waals surface area contributed by atoms with Crippen molar-refractivity contribution in [2.45, 2.75) is 0 Å². The second kappa shape index (κ2) is 8.06. The zero-order chi connectivity index (χ0) is 18.4. The number of halogens is 2. The minimum absolute atomic E-state index is 0.116. The van der Waals surface area contributed by atoms with Crippen molar-refractivity contribution in [1.82, 2.24) is 10.9 Å². The summed E-state index contributed by atoms with van der Waals surface area (Å²) in [6, 6.07) is 8.90. The molecule has 0 aliphatic carbocycles. The molecule has 0 aliphatic heterocycles. The predicted molar refractivity (Wildman–Crippen MR) is 85.6 cm³/mol. The molecule has 0 fully saturated rings. The van der Waals surface area contributed by atoms with Gasteiger partial charge in [0.05, 0.1) is 4.92 Å². The third-order valence-corrected chi connectivity index (χ3v) is 3.15. The molecule has 2 aromatic carbocycles. The molecular weight excluding hydrogens is 357 g/mol. The SMILES string of the molecule is O=C(COc1ccccc1F)NNC(=O)c1cc(Cl)ccc1[N+](=O)[O-]. The van der Waals surface area contributed by atoms with E-state index in [1.165, 1.54) is 24.3 Å². The van der Waals surface area contributed by atoms with E-state index >= 15 is 0 Å². The van der Waals surface area contributed by atoms with Gasteiger partial charge in [0.1, 0.15) is 5.56 Å². The number of ether oxygens (including phenoxy) is 1. The molecule has 2 N–H and O–H groups in total. The Kier molecular flexibility index (Phi) is 5.85. The highest BCUT2D eigenvalue weighted by molar-refractivity contribution is 6.31. The molecule has 0 radical (unpaired) electrons. The second-order valence-electron chi connectivity index (χ2n) is 4.64. The lowest BCUT2D eigenvalue weighted by molar-refractivity contribution is -0.385. The summed E-state index contributed by atoms with van der Waals surface area (Å²) in [5, 5.41) is 11.0. The average Bonchev–Trinajstić information content (AvgIpc) is 2.58. The van der Waals surface area contributed by atoms with Gasteiger partial charge in [-0.2, -0.15) is 0 Å². The zero-order valence-electron chi connectivity index (χ0n) is 12.5. The van der Waals surface area contributed by atoms with E-state index in [4.69, 9.17) is 16.3 Å². The van der Waals surface area contributed by atoms with Crippen LogP contribution in [-0.4, -0.2) is 23.3 Å². The third kappa shape index (κ3) is 4.88. The first-order valence-corrected chi connectivity index (χ1v) is 7.16. The fraction of sp³-hybridized carbons (Fsp3) is 0.0667.